The average Bonchev–Trinajstić information content (AvgIpc) is 2.98. The summed E-state index contributed by atoms with van der Waals surface area (Å²) in [5, 5.41) is 1.13. The number of carbonyl (C=O) groups excluding carboxylic acids is 1. The molecule has 1 aromatic carbocycles. The smallest absolute Gasteiger partial charge is 0.275 e. The lowest BCUT2D eigenvalue weighted by Crippen LogP contribution is -2.43. The summed E-state index contributed by atoms with van der Waals surface area (Å²) >= 11 is 12.5. The van der Waals surface area contributed by atoms with Gasteiger partial charge in [-0.15, -0.1) is 0 Å². The van der Waals surface area contributed by atoms with Gasteiger partial charge in [0.2, 0.25) is 0 Å². The second kappa shape index (κ2) is 7.89. The molecule has 7 heteroatoms. The molecule has 0 radical (unpaired) electrons. The number of hydrogen-bond donors (Lipinski definition) is 0. The molecule has 0 bridgehead atoms. The van der Waals surface area contributed by atoms with Gasteiger partial charge in [-0.2, -0.15) is 0 Å². The van der Waals surface area contributed by atoms with E-state index in [4.69, 9.17) is 28.2 Å². The normalized spacial score (nSPS) is 14.1. The molecule has 1 aliphatic heterocycles. The summed E-state index contributed by atoms with van der Waals surface area (Å²) < 4.78 is 2.08. The first-order valence-corrected chi connectivity index (χ1v) is 9.80. The Morgan fingerprint density at radius 2 is 1.96 bits per heavy atom. The van der Waals surface area contributed by atoms with Crippen molar-refractivity contribution in [1.29, 1.82) is 0 Å². The van der Waals surface area contributed by atoms with Crippen LogP contribution in [0, 0.1) is 0 Å². The standard InChI is InChI=1S/C19H24Cl2N4O/c1-4-6-7-10-24-16(5-2)22-18-17(24)19(26)23(3)12-25(18)15-9-8-13(20)11-14(15)21/h8-9,11H,4-7,10,12H2,1-3H3. The second-order valence-corrected chi connectivity index (χ2v) is 7.42. The van der Waals surface area contributed by atoms with Crippen LogP contribution in [0.2, 0.25) is 10.0 Å². The minimum Gasteiger partial charge on any atom is -0.322 e. The van der Waals surface area contributed by atoms with Gasteiger partial charge in [-0.05, 0) is 24.6 Å². The van der Waals surface area contributed by atoms with E-state index in [9.17, 15) is 4.79 Å². The molecule has 26 heavy (non-hydrogen) atoms. The molecule has 1 amide bonds. The van der Waals surface area contributed by atoms with Crippen molar-refractivity contribution < 1.29 is 4.79 Å². The Balaban J connectivity index is 2.10. The highest BCUT2D eigenvalue weighted by Gasteiger charge is 2.35. The third-order valence-electron chi connectivity index (χ3n) is 4.69. The van der Waals surface area contributed by atoms with Crippen molar-refractivity contribution in [3.63, 3.8) is 0 Å². The number of anilines is 2. The van der Waals surface area contributed by atoms with Gasteiger partial charge < -0.3 is 14.4 Å². The largest absolute Gasteiger partial charge is 0.322 e. The molecule has 0 aliphatic carbocycles. The first kappa shape index (κ1) is 19.1. The van der Waals surface area contributed by atoms with Crippen molar-refractivity contribution in [1.82, 2.24) is 14.5 Å². The van der Waals surface area contributed by atoms with Crippen LogP contribution in [0.25, 0.3) is 0 Å². The van der Waals surface area contributed by atoms with Crippen LogP contribution >= 0.6 is 23.2 Å². The highest BCUT2D eigenvalue weighted by molar-refractivity contribution is 6.36. The van der Waals surface area contributed by atoms with Crippen LogP contribution < -0.4 is 4.90 Å². The maximum atomic E-state index is 12.9. The summed E-state index contributed by atoms with van der Waals surface area (Å²) in [5.41, 5.74) is 1.45. The molecular weight excluding hydrogens is 371 g/mol. The number of benzene rings is 1. The van der Waals surface area contributed by atoms with Gasteiger partial charge in [0.25, 0.3) is 5.91 Å². The SMILES string of the molecule is CCCCCn1c(CC)nc2c1C(=O)N(C)CN2c1ccc(Cl)cc1Cl. The Bertz CT molecular complexity index is 818. The van der Waals surface area contributed by atoms with Gasteiger partial charge in [0.1, 0.15) is 5.82 Å². The fraction of sp³-hybridized carbons (Fsp3) is 0.474. The number of halogens is 2. The van der Waals surface area contributed by atoms with E-state index in [-0.39, 0.29) is 5.91 Å². The molecule has 0 saturated carbocycles. The van der Waals surface area contributed by atoms with Crippen LogP contribution in [0.4, 0.5) is 11.5 Å². The van der Waals surface area contributed by atoms with Gasteiger partial charge in [-0.25, -0.2) is 4.98 Å². The third-order valence-corrected chi connectivity index (χ3v) is 5.23. The Morgan fingerprint density at radius 1 is 1.19 bits per heavy atom. The Labute approximate surface area is 164 Å². The van der Waals surface area contributed by atoms with Crippen LogP contribution in [-0.4, -0.2) is 34.1 Å². The number of imidazole rings is 1. The molecule has 1 aliphatic rings. The number of unbranched alkanes of at least 4 members (excludes halogenated alkanes) is 2. The molecule has 0 saturated heterocycles. The zero-order valence-corrected chi connectivity index (χ0v) is 16.9. The average molecular weight is 395 g/mol. The van der Waals surface area contributed by atoms with Gasteiger partial charge in [0.15, 0.2) is 11.5 Å². The monoisotopic (exact) mass is 394 g/mol. The number of amides is 1. The van der Waals surface area contributed by atoms with Gasteiger partial charge >= 0.3 is 0 Å². The number of aryl methyl sites for hydroxylation is 1. The third kappa shape index (κ3) is 3.42. The number of rotatable bonds is 6. The minimum atomic E-state index is 0.00466. The minimum absolute atomic E-state index is 0.00466. The molecule has 1 aromatic heterocycles. The lowest BCUT2D eigenvalue weighted by molar-refractivity contribution is 0.0775. The summed E-state index contributed by atoms with van der Waals surface area (Å²) in [4.78, 5) is 21.4. The highest BCUT2D eigenvalue weighted by Crippen LogP contribution is 2.38. The first-order chi connectivity index (χ1) is 12.5. The highest BCUT2D eigenvalue weighted by atomic mass is 35.5. The maximum absolute atomic E-state index is 12.9. The van der Waals surface area contributed by atoms with Gasteiger partial charge in [0.05, 0.1) is 17.4 Å². The van der Waals surface area contributed by atoms with Crippen molar-refractivity contribution in [2.45, 2.75) is 46.1 Å². The number of aromatic nitrogens is 2. The molecule has 2 aromatic rings. The van der Waals surface area contributed by atoms with Gasteiger partial charge in [0, 0.05) is 25.0 Å². The Morgan fingerprint density at radius 3 is 2.62 bits per heavy atom. The second-order valence-electron chi connectivity index (χ2n) is 6.58. The molecule has 3 rings (SSSR count). The summed E-state index contributed by atoms with van der Waals surface area (Å²) in [6.45, 7) is 5.45. The fourth-order valence-corrected chi connectivity index (χ4v) is 3.84. The molecular formula is C19H24Cl2N4O. The van der Waals surface area contributed by atoms with E-state index < -0.39 is 0 Å². The van der Waals surface area contributed by atoms with Crippen molar-refractivity contribution in [3.8, 4) is 0 Å². The zero-order chi connectivity index (χ0) is 18.8. The number of carbonyl (C=O) groups is 1. The predicted molar refractivity (Wildman–Crippen MR) is 107 cm³/mol. The molecule has 0 fully saturated rings. The quantitative estimate of drug-likeness (QED) is 0.638. The van der Waals surface area contributed by atoms with Crippen LogP contribution in [0.5, 0.6) is 0 Å². The first-order valence-electron chi connectivity index (χ1n) is 9.05. The van der Waals surface area contributed by atoms with E-state index in [2.05, 4.69) is 18.4 Å². The molecule has 0 N–H and O–H groups in total. The van der Waals surface area contributed by atoms with Crippen molar-refractivity contribution in [3.05, 3.63) is 39.8 Å². The molecule has 0 unspecified atom stereocenters. The van der Waals surface area contributed by atoms with E-state index in [0.717, 1.165) is 43.7 Å². The lowest BCUT2D eigenvalue weighted by atomic mass is 10.2. The Hall–Kier alpha value is -1.72. The number of fused-ring (bicyclic) bond motifs is 1. The predicted octanol–water partition coefficient (Wildman–Crippen LogP) is 5.12. The molecule has 0 spiro atoms. The van der Waals surface area contributed by atoms with Crippen molar-refractivity contribution in [2.75, 3.05) is 18.6 Å². The van der Waals surface area contributed by atoms with E-state index in [1.165, 1.54) is 0 Å². The fourth-order valence-electron chi connectivity index (χ4n) is 3.33. The number of nitrogens with zero attached hydrogens (tertiary/aromatic N) is 4. The van der Waals surface area contributed by atoms with Crippen molar-refractivity contribution in [2.24, 2.45) is 0 Å². The van der Waals surface area contributed by atoms with E-state index in [0.29, 0.717) is 28.2 Å². The van der Waals surface area contributed by atoms with Crippen LogP contribution in [-0.2, 0) is 13.0 Å². The number of hydrogen-bond acceptors (Lipinski definition) is 3. The molecule has 140 valence electrons. The maximum Gasteiger partial charge on any atom is 0.275 e. The van der Waals surface area contributed by atoms with E-state index >= 15 is 0 Å². The topological polar surface area (TPSA) is 41.4 Å². The van der Waals surface area contributed by atoms with Crippen molar-refractivity contribution >= 4 is 40.6 Å². The molecule has 5 nitrogen and oxygen atoms in total. The van der Waals surface area contributed by atoms with Gasteiger partial charge in [-0.1, -0.05) is 49.9 Å². The van der Waals surface area contributed by atoms with Gasteiger partial charge in [-0.3, -0.25) is 4.79 Å². The summed E-state index contributed by atoms with van der Waals surface area (Å²) in [7, 11) is 1.80. The summed E-state index contributed by atoms with van der Waals surface area (Å²) in [5.74, 6) is 1.63. The van der Waals surface area contributed by atoms with E-state index in [1.54, 1.807) is 24.1 Å². The Kier molecular flexibility index (Phi) is 5.78. The van der Waals surface area contributed by atoms with Crippen LogP contribution in [0.15, 0.2) is 18.2 Å². The zero-order valence-electron chi connectivity index (χ0n) is 15.4. The van der Waals surface area contributed by atoms with Crippen LogP contribution in [0.3, 0.4) is 0 Å². The lowest BCUT2D eigenvalue weighted by Gasteiger charge is -2.34. The van der Waals surface area contributed by atoms with Crippen LogP contribution in [0.1, 0.15) is 49.4 Å². The molecule has 2 heterocycles. The van der Waals surface area contributed by atoms with E-state index in [1.807, 2.05) is 11.0 Å². The molecule has 0 atom stereocenters. The summed E-state index contributed by atoms with van der Waals surface area (Å²) in [6, 6.07) is 5.39. The summed E-state index contributed by atoms with van der Waals surface area (Å²) in [6.07, 6.45) is 4.08.